The average molecular weight is 463 g/mol. The Bertz CT molecular complexity index is 1150. The van der Waals surface area contributed by atoms with Crippen LogP contribution in [-0.4, -0.2) is 32.7 Å². The van der Waals surface area contributed by atoms with E-state index in [2.05, 4.69) is 20.6 Å². The minimum atomic E-state index is -1.74. The Morgan fingerprint density at radius 1 is 1.03 bits per heavy atom. The van der Waals surface area contributed by atoms with Gasteiger partial charge in [-0.3, -0.25) is 0 Å². The molecule has 174 valence electrons. The number of amides is 2. The summed E-state index contributed by atoms with van der Waals surface area (Å²) in [5, 5.41) is 15.2. The molecule has 1 atom stereocenters. The molecule has 1 aromatic heterocycles. The lowest BCUT2D eigenvalue weighted by atomic mass is 10.0. The Morgan fingerprint density at radius 3 is 2.33 bits per heavy atom. The van der Waals surface area contributed by atoms with Crippen molar-refractivity contribution in [3.05, 3.63) is 71.9 Å². The number of nitrogens with zero attached hydrogens (tertiary/aromatic N) is 3. The molecule has 0 aliphatic rings. The first kappa shape index (κ1) is 23.9. The van der Waals surface area contributed by atoms with Crippen molar-refractivity contribution in [2.24, 2.45) is 0 Å². The maximum Gasteiger partial charge on any atom is 0.332 e. The van der Waals surface area contributed by atoms with E-state index in [-0.39, 0.29) is 17.5 Å². The van der Waals surface area contributed by atoms with Crippen molar-refractivity contribution in [2.75, 3.05) is 15.5 Å². The molecular formula is C22H21F4N5O2. The highest BCUT2D eigenvalue weighted by Crippen LogP contribution is 2.27. The van der Waals surface area contributed by atoms with Crippen LogP contribution in [0, 0.1) is 23.3 Å². The SMILES string of the molecule is CC(Nc1nccc(N(C(=O)Nc2ccc(F)c(F)c2F)c2ccc(F)cc2)n1)C(C)(C)O. The van der Waals surface area contributed by atoms with Crippen molar-refractivity contribution in [3.63, 3.8) is 0 Å². The predicted octanol–water partition coefficient (Wildman–Crippen LogP) is 4.97. The molecule has 3 N–H and O–H groups in total. The lowest BCUT2D eigenvalue weighted by Crippen LogP contribution is -2.40. The van der Waals surface area contributed by atoms with Crippen LogP contribution in [0.25, 0.3) is 0 Å². The van der Waals surface area contributed by atoms with Gasteiger partial charge in [-0.15, -0.1) is 0 Å². The van der Waals surface area contributed by atoms with Gasteiger partial charge in [0.2, 0.25) is 5.95 Å². The fourth-order valence-electron chi connectivity index (χ4n) is 2.65. The van der Waals surface area contributed by atoms with Gasteiger partial charge in [0.05, 0.1) is 23.0 Å². The number of halogens is 4. The molecule has 2 amide bonds. The molecule has 1 unspecified atom stereocenters. The number of aliphatic hydroxyl groups is 1. The normalized spacial score (nSPS) is 12.2. The first-order valence-electron chi connectivity index (χ1n) is 9.79. The fourth-order valence-corrected chi connectivity index (χ4v) is 2.65. The number of urea groups is 1. The van der Waals surface area contributed by atoms with Crippen LogP contribution in [0.4, 0.5) is 45.5 Å². The van der Waals surface area contributed by atoms with Gasteiger partial charge in [-0.1, -0.05) is 0 Å². The number of nitrogens with one attached hydrogen (secondary N) is 2. The second-order valence-corrected chi connectivity index (χ2v) is 7.72. The summed E-state index contributed by atoms with van der Waals surface area (Å²) in [5.41, 5.74) is -1.57. The summed E-state index contributed by atoms with van der Waals surface area (Å²) in [6.45, 7) is 4.87. The van der Waals surface area contributed by atoms with Gasteiger partial charge in [-0.25, -0.2) is 32.2 Å². The molecule has 33 heavy (non-hydrogen) atoms. The smallest absolute Gasteiger partial charge is 0.332 e. The number of carbonyl (C=O) groups excluding carboxylic acids is 1. The Balaban J connectivity index is 1.99. The highest BCUT2D eigenvalue weighted by atomic mass is 19.2. The summed E-state index contributed by atoms with van der Waals surface area (Å²) in [6, 6.07) is 6.22. The third kappa shape index (κ3) is 5.55. The van der Waals surface area contributed by atoms with Crippen molar-refractivity contribution < 1.29 is 27.5 Å². The van der Waals surface area contributed by atoms with Crippen molar-refractivity contribution in [3.8, 4) is 0 Å². The van der Waals surface area contributed by atoms with Crippen LogP contribution in [0.15, 0.2) is 48.7 Å². The standard InChI is InChI=1S/C22H21F4N5O2/c1-12(22(2,3)33)28-20-27-11-10-17(30-20)31(14-6-4-13(23)5-7-14)21(32)29-16-9-8-15(24)18(25)19(16)26/h4-12,33H,1-3H3,(H,29,32)(H,27,28,30). The van der Waals surface area contributed by atoms with Crippen molar-refractivity contribution >= 4 is 29.2 Å². The van der Waals surface area contributed by atoms with Crippen LogP contribution in [0.3, 0.4) is 0 Å². The number of hydrogen-bond donors (Lipinski definition) is 3. The van der Waals surface area contributed by atoms with Gasteiger partial charge in [0, 0.05) is 12.3 Å². The zero-order valence-corrected chi connectivity index (χ0v) is 17.9. The summed E-state index contributed by atoms with van der Waals surface area (Å²) >= 11 is 0. The monoisotopic (exact) mass is 463 g/mol. The van der Waals surface area contributed by atoms with Gasteiger partial charge in [0.15, 0.2) is 17.5 Å². The average Bonchev–Trinajstić information content (AvgIpc) is 2.75. The van der Waals surface area contributed by atoms with Crippen molar-refractivity contribution in [2.45, 2.75) is 32.4 Å². The second kappa shape index (κ2) is 9.41. The zero-order chi connectivity index (χ0) is 24.3. The molecule has 0 fully saturated rings. The molecule has 0 aliphatic carbocycles. The number of anilines is 4. The van der Waals surface area contributed by atoms with Gasteiger partial charge >= 0.3 is 6.03 Å². The number of rotatable bonds is 6. The van der Waals surface area contributed by atoms with E-state index in [0.29, 0.717) is 6.07 Å². The van der Waals surface area contributed by atoms with Gasteiger partial charge in [-0.2, -0.15) is 4.98 Å². The predicted molar refractivity (Wildman–Crippen MR) is 115 cm³/mol. The Labute approximate surface area is 187 Å². The fraction of sp³-hybridized carbons (Fsp3) is 0.227. The lowest BCUT2D eigenvalue weighted by Gasteiger charge is -2.27. The number of hydrogen-bond acceptors (Lipinski definition) is 5. The van der Waals surface area contributed by atoms with Crippen LogP contribution in [0.2, 0.25) is 0 Å². The van der Waals surface area contributed by atoms with E-state index in [1.165, 1.54) is 24.4 Å². The van der Waals surface area contributed by atoms with E-state index in [0.717, 1.165) is 23.1 Å². The molecule has 1 heterocycles. The van der Waals surface area contributed by atoms with E-state index in [1.807, 2.05) is 0 Å². The molecule has 0 saturated carbocycles. The van der Waals surface area contributed by atoms with E-state index < -0.39 is 46.6 Å². The zero-order valence-electron chi connectivity index (χ0n) is 17.9. The largest absolute Gasteiger partial charge is 0.388 e. The number of carbonyl (C=O) groups is 1. The third-order valence-electron chi connectivity index (χ3n) is 4.84. The van der Waals surface area contributed by atoms with E-state index >= 15 is 0 Å². The van der Waals surface area contributed by atoms with Crippen LogP contribution in [-0.2, 0) is 0 Å². The van der Waals surface area contributed by atoms with Gasteiger partial charge in [0.25, 0.3) is 0 Å². The molecule has 0 radical (unpaired) electrons. The summed E-state index contributed by atoms with van der Waals surface area (Å²) in [4.78, 5) is 22.3. The molecule has 3 rings (SSSR count). The molecule has 0 saturated heterocycles. The van der Waals surface area contributed by atoms with Crippen LogP contribution in [0.5, 0.6) is 0 Å². The first-order chi connectivity index (χ1) is 15.5. The van der Waals surface area contributed by atoms with Crippen molar-refractivity contribution in [1.82, 2.24) is 9.97 Å². The van der Waals surface area contributed by atoms with E-state index in [9.17, 15) is 27.5 Å². The highest BCUT2D eigenvalue weighted by Gasteiger charge is 2.25. The Hall–Kier alpha value is -3.73. The molecule has 0 spiro atoms. The molecule has 2 aromatic carbocycles. The maximum atomic E-state index is 14.1. The Kier molecular flexibility index (Phi) is 6.82. The molecule has 0 bridgehead atoms. The Morgan fingerprint density at radius 2 is 1.70 bits per heavy atom. The maximum absolute atomic E-state index is 14.1. The summed E-state index contributed by atoms with van der Waals surface area (Å²) in [6.07, 6.45) is 1.34. The van der Waals surface area contributed by atoms with Gasteiger partial charge < -0.3 is 15.7 Å². The number of benzene rings is 2. The first-order valence-corrected chi connectivity index (χ1v) is 9.79. The minimum absolute atomic E-state index is 0.00236. The number of aromatic nitrogens is 2. The van der Waals surface area contributed by atoms with Crippen molar-refractivity contribution in [1.29, 1.82) is 0 Å². The van der Waals surface area contributed by atoms with Crippen LogP contribution < -0.4 is 15.5 Å². The topological polar surface area (TPSA) is 90.4 Å². The van der Waals surface area contributed by atoms with E-state index in [4.69, 9.17) is 0 Å². The summed E-state index contributed by atoms with van der Waals surface area (Å²) in [5.74, 6) is -5.21. The third-order valence-corrected chi connectivity index (χ3v) is 4.84. The van der Waals surface area contributed by atoms with Crippen LogP contribution >= 0.6 is 0 Å². The second-order valence-electron chi connectivity index (χ2n) is 7.72. The summed E-state index contributed by atoms with van der Waals surface area (Å²) < 4.78 is 54.4. The summed E-state index contributed by atoms with van der Waals surface area (Å²) in [7, 11) is 0. The van der Waals surface area contributed by atoms with Crippen LogP contribution in [0.1, 0.15) is 20.8 Å². The highest BCUT2D eigenvalue weighted by molar-refractivity contribution is 6.06. The molecule has 0 aliphatic heterocycles. The molecule has 3 aromatic rings. The molecule has 11 heteroatoms. The molecule has 7 nitrogen and oxygen atoms in total. The van der Waals surface area contributed by atoms with Gasteiger partial charge in [-0.05, 0) is 57.2 Å². The molecular weight excluding hydrogens is 442 g/mol. The lowest BCUT2D eigenvalue weighted by molar-refractivity contribution is 0.0646. The van der Waals surface area contributed by atoms with Gasteiger partial charge in [0.1, 0.15) is 11.6 Å². The van der Waals surface area contributed by atoms with E-state index in [1.54, 1.807) is 20.8 Å². The minimum Gasteiger partial charge on any atom is -0.388 e. The quantitative estimate of drug-likeness (QED) is 0.355.